The largest absolute Gasteiger partial charge is 0.508 e. The molecule has 3 atom stereocenters. The minimum atomic E-state index is -0.211. The molecule has 2 aliphatic carbocycles. The Labute approximate surface area is 133 Å². The zero-order chi connectivity index (χ0) is 16.1. The summed E-state index contributed by atoms with van der Waals surface area (Å²) in [6.45, 7) is 8.69. The number of aldehydes is 1. The van der Waals surface area contributed by atoms with Crippen LogP contribution in [0.15, 0.2) is 12.1 Å². The normalized spacial score (nSPS) is 34.1. The number of fused-ring (bicyclic) bond motifs is 3. The number of carbonyl (C=O) groups is 1. The van der Waals surface area contributed by atoms with Crippen molar-refractivity contribution in [2.75, 3.05) is 0 Å². The third kappa shape index (κ3) is 2.11. The van der Waals surface area contributed by atoms with E-state index >= 15 is 0 Å². The molecular weight excluding hydrogens is 272 g/mol. The summed E-state index contributed by atoms with van der Waals surface area (Å²) in [5, 5.41) is 10.5. The summed E-state index contributed by atoms with van der Waals surface area (Å²) < 4.78 is 0. The highest BCUT2D eigenvalue weighted by molar-refractivity contribution is 5.61. The minimum Gasteiger partial charge on any atom is -0.508 e. The standard InChI is InChI=1S/C20H28O2/c1-13(2)15-10-14-6-7-18-19(3,12-21)8-5-9-20(18,4)16(14)11-17(15)22/h10-13,18,22H,5-9H2,1-4H3/t18-,19-,20+/m0/s1. The van der Waals surface area contributed by atoms with E-state index < -0.39 is 0 Å². The van der Waals surface area contributed by atoms with E-state index in [0.717, 1.165) is 37.7 Å². The number of hydrogen-bond donors (Lipinski definition) is 1. The van der Waals surface area contributed by atoms with Gasteiger partial charge in [0.2, 0.25) is 0 Å². The van der Waals surface area contributed by atoms with E-state index in [0.29, 0.717) is 17.6 Å². The first-order chi connectivity index (χ1) is 10.3. The van der Waals surface area contributed by atoms with Crippen molar-refractivity contribution < 1.29 is 9.90 Å². The summed E-state index contributed by atoms with van der Waals surface area (Å²) in [4.78, 5) is 11.8. The van der Waals surface area contributed by atoms with Crippen molar-refractivity contribution in [2.24, 2.45) is 11.3 Å². The number of carbonyl (C=O) groups excluding carboxylic acids is 1. The second kappa shape index (κ2) is 5.11. The predicted octanol–water partition coefficient (Wildman–Crippen LogP) is 4.72. The summed E-state index contributed by atoms with van der Waals surface area (Å²) in [6.07, 6.45) is 6.52. The molecule has 0 unspecified atom stereocenters. The van der Waals surface area contributed by atoms with Gasteiger partial charge in [-0.3, -0.25) is 0 Å². The van der Waals surface area contributed by atoms with E-state index in [2.05, 4.69) is 33.8 Å². The van der Waals surface area contributed by atoms with Gasteiger partial charge in [-0.2, -0.15) is 0 Å². The molecule has 1 aromatic rings. The molecular formula is C20H28O2. The lowest BCUT2D eigenvalue weighted by molar-refractivity contribution is -0.123. The van der Waals surface area contributed by atoms with Gasteiger partial charge in [-0.25, -0.2) is 0 Å². The van der Waals surface area contributed by atoms with Crippen molar-refractivity contribution in [3.05, 3.63) is 28.8 Å². The summed E-state index contributed by atoms with van der Waals surface area (Å²) in [5.74, 6) is 1.15. The summed E-state index contributed by atoms with van der Waals surface area (Å²) in [7, 11) is 0. The molecule has 0 heterocycles. The summed E-state index contributed by atoms with van der Waals surface area (Å²) in [5.41, 5.74) is 3.54. The molecule has 1 aromatic carbocycles. The Morgan fingerprint density at radius 2 is 2.00 bits per heavy atom. The number of benzene rings is 1. The number of phenols is 1. The van der Waals surface area contributed by atoms with Gasteiger partial charge in [0.05, 0.1) is 0 Å². The zero-order valence-corrected chi connectivity index (χ0v) is 14.3. The van der Waals surface area contributed by atoms with E-state index in [1.807, 2.05) is 6.07 Å². The number of aromatic hydroxyl groups is 1. The molecule has 0 bridgehead atoms. The Morgan fingerprint density at radius 3 is 2.64 bits per heavy atom. The highest BCUT2D eigenvalue weighted by Gasteiger charge is 2.51. The van der Waals surface area contributed by atoms with Gasteiger partial charge in [0.25, 0.3) is 0 Å². The van der Waals surface area contributed by atoms with Crippen LogP contribution in [0.2, 0.25) is 0 Å². The topological polar surface area (TPSA) is 37.3 Å². The molecule has 2 heteroatoms. The maximum Gasteiger partial charge on any atom is 0.126 e. The van der Waals surface area contributed by atoms with Crippen LogP contribution < -0.4 is 0 Å². The summed E-state index contributed by atoms with van der Waals surface area (Å²) >= 11 is 0. The molecule has 0 amide bonds. The van der Waals surface area contributed by atoms with Gasteiger partial charge in [-0.1, -0.05) is 40.2 Å². The summed E-state index contributed by atoms with van der Waals surface area (Å²) in [6, 6.07) is 4.22. The zero-order valence-electron chi connectivity index (χ0n) is 14.3. The molecule has 0 spiro atoms. The highest BCUT2D eigenvalue weighted by atomic mass is 16.3. The quantitative estimate of drug-likeness (QED) is 0.802. The highest BCUT2D eigenvalue weighted by Crippen LogP contribution is 2.57. The van der Waals surface area contributed by atoms with Gasteiger partial charge < -0.3 is 9.90 Å². The fourth-order valence-electron chi connectivity index (χ4n) is 5.18. The first-order valence-corrected chi connectivity index (χ1v) is 8.64. The molecule has 0 saturated heterocycles. The minimum absolute atomic E-state index is 0.0223. The van der Waals surface area contributed by atoms with E-state index in [1.54, 1.807) is 0 Å². The Bertz CT molecular complexity index is 604. The van der Waals surface area contributed by atoms with Crippen molar-refractivity contribution in [3.63, 3.8) is 0 Å². The molecule has 120 valence electrons. The van der Waals surface area contributed by atoms with Crippen molar-refractivity contribution in [3.8, 4) is 5.75 Å². The van der Waals surface area contributed by atoms with E-state index in [9.17, 15) is 9.90 Å². The van der Waals surface area contributed by atoms with Gasteiger partial charge in [-0.05, 0) is 65.7 Å². The van der Waals surface area contributed by atoms with Crippen molar-refractivity contribution in [1.82, 2.24) is 0 Å². The second-order valence-corrected chi connectivity index (χ2v) is 8.21. The average Bonchev–Trinajstić information content (AvgIpc) is 2.47. The Hall–Kier alpha value is -1.31. The van der Waals surface area contributed by atoms with Crippen LogP contribution in [0.3, 0.4) is 0 Å². The molecule has 1 N–H and O–H groups in total. The Morgan fingerprint density at radius 1 is 1.27 bits per heavy atom. The molecule has 2 aliphatic rings. The Balaban J connectivity index is 2.13. The van der Waals surface area contributed by atoms with E-state index in [-0.39, 0.29) is 10.8 Å². The van der Waals surface area contributed by atoms with Gasteiger partial charge in [-0.15, -0.1) is 0 Å². The maximum atomic E-state index is 11.8. The molecule has 1 fully saturated rings. The van der Waals surface area contributed by atoms with Crippen LogP contribution in [0, 0.1) is 11.3 Å². The van der Waals surface area contributed by atoms with E-state index in [1.165, 1.54) is 17.4 Å². The molecule has 22 heavy (non-hydrogen) atoms. The lowest BCUT2D eigenvalue weighted by atomic mass is 9.50. The van der Waals surface area contributed by atoms with Crippen LogP contribution in [-0.4, -0.2) is 11.4 Å². The molecule has 0 radical (unpaired) electrons. The van der Waals surface area contributed by atoms with Crippen LogP contribution in [0.5, 0.6) is 5.75 Å². The van der Waals surface area contributed by atoms with Gasteiger partial charge in [0, 0.05) is 5.41 Å². The molecule has 0 aliphatic heterocycles. The smallest absolute Gasteiger partial charge is 0.126 e. The van der Waals surface area contributed by atoms with Crippen LogP contribution in [0.25, 0.3) is 0 Å². The lowest BCUT2D eigenvalue weighted by Gasteiger charge is -2.53. The second-order valence-electron chi connectivity index (χ2n) is 8.21. The predicted molar refractivity (Wildman–Crippen MR) is 89.4 cm³/mol. The van der Waals surface area contributed by atoms with Crippen molar-refractivity contribution in [1.29, 1.82) is 0 Å². The van der Waals surface area contributed by atoms with Crippen LogP contribution >= 0.6 is 0 Å². The fraction of sp³-hybridized carbons (Fsp3) is 0.650. The maximum absolute atomic E-state index is 11.8. The molecule has 0 aromatic heterocycles. The van der Waals surface area contributed by atoms with Crippen molar-refractivity contribution >= 4 is 6.29 Å². The lowest BCUT2D eigenvalue weighted by Crippen LogP contribution is -2.49. The number of aryl methyl sites for hydroxylation is 1. The third-order valence-electron chi connectivity index (χ3n) is 6.44. The van der Waals surface area contributed by atoms with Crippen LogP contribution in [0.4, 0.5) is 0 Å². The first-order valence-electron chi connectivity index (χ1n) is 8.64. The number of hydrogen-bond acceptors (Lipinski definition) is 2. The van der Waals surface area contributed by atoms with E-state index in [4.69, 9.17) is 0 Å². The Kier molecular flexibility index (Phi) is 3.62. The fourth-order valence-corrected chi connectivity index (χ4v) is 5.18. The van der Waals surface area contributed by atoms with Crippen molar-refractivity contribution in [2.45, 2.75) is 71.1 Å². The molecule has 2 nitrogen and oxygen atoms in total. The molecule has 1 saturated carbocycles. The SMILES string of the molecule is CC(C)c1cc2c(cc1O)[C@@]1(C)CCC[C@@](C)(C=O)[C@@H]1CC2. The average molecular weight is 300 g/mol. The van der Waals surface area contributed by atoms with Gasteiger partial charge in [0.15, 0.2) is 0 Å². The van der Waals surface area contributed by atoms with Crippen LogP contribution in [0.1, 0.15) is 76.0 Å². The first kappa shape index (κ1) is 15.6. The number of phenolic OH excluding ortho intramolecular Hbond substituents is 1. The third-order valence-corrected chi connectivity index (χ3v) is 6.44. The van der Waals surface area contributed by atoms with Crippen LogP contribution in [-0.2, 0) is 16.6 Å². The van der Waals surface area contributed by atoms with Gasteiger partial charge >= 0.3 is 0 Å². The number of rotatable bonds is 2. The van der Waals surface area contributed by atoms with Gasteiger partial charge in [0.1, 0.15) is 12.0 Å². The molecule has 3 rings (SSSR count). The monoisotopic (exact) mass is 300 g/mol.